The van der Waals surface area contributed by atoms with Gasteiger partial charge in [-0.25, -0.2) is 0 Å². The summed E-state index contributed by atoms with van der Waals surface area (Å²) < 4.78 is 10.7. The second kappa shape index (κ2) is 11.4. The van der Waals surface area contributed by atoms with E-state index in [0.717, 1.165) is 6.54 Å². The van der Waals surface area contributed by atoms with Gasteiger partial charge in [-0.05, 0) is 0 Å². The minimum Gasteiger partial charge on any atom is -0.378 e. The summed E-state index contributed by atoms with van der Waals surface area (Å²) in [7, 11) is 0. The van der Waals surface area contributed by atoms with Gasteiger partial charge in [-0.2, -0.15) is 0 Å². The molecule has 0 unspecified atom stereocenters. The lowest BCUT2D eigenvalue weighted by Gasteiger charge is -2.10. The Kier molecular flexibility index (Phi) is 11.0. The third-order valence-corrected chi connectivity index (χ3v) is 2.24. The molecule has 5 heteroatoms. The molecular weight excluding hydrogens is 232 g/mol. The molecule has 0 radical (unpaired) electrons. The van der Waals surface area contributed by atoms with Gasteiger partial charge in [-0.1, -0.05) is 27.7 Å². The Morgan fingerprint density at radius 2 is 1.50 bits per heavy atom. The monoisotopic (exact) mass is 260 g/mol. The molecule has 0 spiro atoms. The van der Waals surface area contributed by atoms with Crippen LogP contribution < -0.4 is 10.6 Å². The standard InChI is InChI=1S/C13H28N2O3/c1-11(2)13(16)15-6-8-18-10-9-17-7-5-14-12(3)4/h11-12,14H,5-10H2,1-4H3,(H,15,16). The number of carbonyl (C=O) groups excluding carboxylic acids is 1. The highest BCUT2D eigenvalue weighted by molar-refractivity contribution is 5.77. The largest absolute Gasteiger partial charge is 0.378 e. The highest BCUT2D eigenvalue weighted by Crippen LogP contribution is 1.89. The van der Waals surface area contributed by atoms with Gasteiger partial charge in [-0.3, -0.25) is 4.79 Å². The van der Waals surface area contributed by atoms with Gasteiger partial charge in [0.05, 0.1) is 26.4 Å². The summed E-state index contributed by atoms with van der Waals surface area (Å²) in [5.41, 5.74) is 0. The molecule has 0 rings (SSSR count). The van der Waals surface area contributed by atoms with Crippen molar-refractivity contribution < 1.29 is 14.3 Å². The van der Waals surface area contributed by atoms with Gasteiger partial charge in [0, 0.05) is 25.0 Å². The zero-order chi connectivity index (χ0) is 13.8. The molecule has 108 valence electrons. The summed E-state index contributed by atoms with van der Waals surface area (Å²) in [6.45, 7) is 11.8. The third-order valence-electron chi connectivity index (χ3n) is 2.24. The van der Waals surface area contributed by atoms with Gasteiger partial charge in [0.15, 0.2) is 0 Å². The molecular formula is C13H28N2O3. The SMILES string of the molecule is CC(C)NCCOCCOCCNC(=O)C(C)C. The molecule has 0 aromatic heterocycles. The molecule has 0 aromatic rings. The average molecular weight is 260 g/mol. The minimum atomic E-state index is 0.0294. The van der Waals surface area contributed by atoms with Gasteiger partial charge in [0.25, 0.3) is 0 Å². The Labute approximate surface area is 111 Å². The fraction of sp³-hybridized carbons (Fsp3) is 0.923. The second-order valence-electron chi connectivity index (χ2n) is 4.78. The minimum absolute atomic E-state index is 0.0294. The highest BCUT2D eigenvalue weighted by atomic mass is 16.5. The number of hydrogen-bond donors (Lipinski definition) is 2. The van der Waals surface area contributed by atoms with E-state index in [4.69, 9.17) is 9.47 Å². The van der Waals surface area contributed by atoms with Crippen LogP contribution in [-0.4, -0.2) is 51.5 Å². The zero-order valence-electron chi connectivity index (χ0n) is 12.1. The van der Waals surface area contributed by atoms with Crippen molar-refractivity contribution in [3.63, 3.8) is 0 Å². The van der Waals surface area contributed by atoms with Crippen LogP contribution in [0.4, 0.5) is 0 Å². The number of amides is 1. The van der Waals surface area contributed by atoms with E-state index in [1.165, 1.54) is 0 Å². The third kappa shape index (κ3) is 11.8. The molecule has 0 saturated carbocycles. The first-order valence-corrected chi connectivity index (χ1v) is 6.70. The van der Waals surface area contributed by atoms with Crippen molar-refractivity contribution in [2.75, 3.05) is 39.5 Å². The molecule has 0 saturated heterocycles. The molecule has 5 nitrogen and oxygen atoms in total. The van der Waals surface area contributed by atoms with E-state index in [2.05, 4.69) is 24.5 Å². The number of nitrogens with one attached hydrogen (secondary N) is 2. The first kappa shape index (κ1) is 17.4. The van der Waals surface area contributed by atoms with Gasteiger partial charge in [0.2, 0.25) is 5.91 Å². The van der Waals surface area contributed by atoms with Crippen LogP contribution in [0.25, 0.3) is 0 Å². The number of rotatable bonds is 11. The molecule has 0 aliphatic heterocycles. The Bertz CT molecular complexity index is 208. The number of ether oxygens (including phenoxy) is 2. The first-order valence-electron chi connectivity index (χ1n) is 6.70. The fourth-order valence-corrected chi connectivity index (χ4v) is 1.19. The Hall–Kier alpha value is -0.650. The lowest BCUT2D eigenvalue weighted by atomic mass is 10.2. The van der Waals surface area contributed by atoms with Crippen molar-refractivity contribution in [1.29, 1.82) is 0 Å². The topological polar surface area (TPSA) is 59.6 Å². The average Bonchev–Trinajstić information content (AvgIpc) is 2.30. The zero-order valence-corrected chi connectivity index (χ0v) is 12.1. The van der Waals surface area contributed by atoms with Crippen LogP contribution in [0.2, 0.25) is 0 Å². The van der Waals surface area contributed by atoms with Crippen LogP contribution in [0.15, 0.2) is 0 Å². The summed E-state index contributed by atoms with van der Waals surface area (Å²) in [5, 5.41) is 6.06. The van der Waals surface area contributed by atoms with E-state index in [1.54, 1.807) is 0 Å². The normalized spacial score (nSPS) is 11.2. The molecule has 2 N–H and O–H groups in total. The van der Waals surface area contributed by atoms with Crippen molar-refractivity contribution in [3.8, 4) is 0 Å². The first-order chi connectivity index (χ1) is 8.54. The summed E-state index contributed by atoms with van der Waals surface area (Å²) in [5.74, 6) is 0.0939. The maximum Gasteiger partial charge on any atom is 0.222 e. The van der Waals surface area contributed by atoms with Crippen molar-refractivity contribution in [2.24, 2.45) is 5.92 Å². The van der Waals surface area contributed by atoms with Crippen LogP contribution in [0.1, 0.15) is 27.7 Å². The molecule has 0 fully saturated rings. The van der Waals surface area contributed by atoms with Gasteiger partial charge in [-0.15, -0.1) is 0 Å². The van der Waals surface area contributed by atoms with Crippen LogP contribution in [0.3, 0.4) is 0 Å². The van der Waals surface area contributed by atoms with Crippen molar-refractivity contribution in [2.45, 2.75) is 33.7 Å². The lowest BCUT2D eigenvalue weighted by Crippen LogP contribution is -2.31. The molecule has 0 aliphatic rings. The van der Waals surface area contributed by atoms with Crippen LogP contribution in [0, 0.1) is 5.92 Å². The summed E-state index contributed by atoms with van der Waals surface area (Å²) in [6.07, 6.45) is 0. The van der Waals surface area contributed by atoms with Crippen molar-refractivity contribution in [3.05, 3.63) is 0 Å². The number of carbonyl (C=O) groups is 1. The van der Waals surface area contributed by atoms with Gasteiger partial charge < -0.3 is 20.1 Å². The Morgan fingerprint density at radius 3 is 2.00 bits per heavy atom. The van der Waals surface area contributed by atoms with E-state index >= 15 is 0 Å². The highest BCUT2D eigenvalue weighted by Gasteiger charge is 2.04. The van der Waals surface area contributed by atoms with Gasteiger partial charge >= 0.3 is 0 Å². The van der Waals surface area contributed by atoms with Gasteiger partial charge in [0.1, 0.15) is 0 Å². The Morgan fingerprint density at radius 1 is 0.944 bits per heavy atom. The lowest BCUT2D eigenvalue weighted by molar-refractivity contribution is -0.124. The van der Waals surface area contributed by atoms with E-state index in [0.29, 0.717) is 39.0 Å². The molecule has 1 amide bonds. The predicted molar refractivity (Wildman–Crippen MR) is 72.6 cm³/mol. The molecule has 0 atom stereocenters. The predicted octanol–water partition coefficient (Wildman–Crippen LogP) is 0.790. The molecule has 0 heterocycles. The second-order valence-corrected chi connectivity index (χ2v) is 4.78. The summed E-state index contributed by atoms with van der Waals surface area (Å²) in [6, 6.07) is 0.495. The Balaban J connectivity index is 3.10. The quantitative estimate of drug-likeness (QED) is 0.539. The molecule has 0 aromatic carbocycles. The van der Waals surface area contributed by atoms with E-state index in [9.17, 15) is 4.79 Å². The van der Waals surface area contributed by atoms with Crippen LogP contribution in [0.5, 0.6) is 0 Å². The van der Waals surface area contributed by atoms with E-state index in [-0.39, 0.29) is 11.8 Å². The maximum absolute atomic E-state index is 11.2. The summed E-state index contributed by atoms with van der Waals surface area (Å²) in [4.78, 5) is 11.2. The maximum atomic E-state index is 11.2. The number of hydrogen-bond acceptors (Lipinski definition) is 4. The van der Waals surface area contributed by atoms with Crippen LogP contribution >= 0.6 is 0 Å². The smallest absolute Gasteiger partial charge is 0.222 e. The molecule has 0 bridgehead atoms. The van der Waals surface area contributed by atoms with E-state index < -0.39 is 0 Å². The van der Waals surface area contributed by atoms with E-state index in [1.807, 2.05) is 13.8 Å². The molecule has 0 aliphatic carbocycles. The fourth-order valence-electron chi connectivity index (χ4n) is 1.19. The molecule has 18 heavy (non-hydrogen) atoms. The van der Waals surface area contributed by atoms with Crippen molar-refractivity contribution >= 4 is 5.91 Å². The summed E-state index contributed by atoms with van der Waals surface area (Å²) >= 11 is 0. The van der Waals surface area contributed by atoms with Crippen molar-refractivity contribution in [1.82, 2.24) is 10.6 Å². The van der Waals surface area contributed by atoms with Crippen LogP contribution in [-0.2, 0) is 14.3 Å².